The SMILES string of the molecule is CNCCCC(=O)NC(C)c1sc(-c2ccc(Cl)cc2)nc1C.Cl. The van der Waals surface area contributed by atoms with Crippen LogP contribution in [0.15, 0.2) is 24.3 Å². The number of amides is 1. The second-order valence-electron chi connectivity index (χ2n) is 5.47. The molecule has 2 aromatic rings. The molecule has 1 amide bonds. The zero-order valence-corrected chi connectivity index (χ0v) is 16.4. The molecule has 0 saturated heterocycles. The van der Waals surface area contributed by atoms with Gasteiger partial charge in [-0.05, 0) is 46.0 Å². The van der Waals surface area contributed by atoms with Gasteiger partial charge in [-0.25, -0.2) is 4.98 Å². The molecule has 0 aliphatic carbocycles. The number of carbonyl (C=O) groups excluding carboxylic acids is 1. The minimum atomic E-state index is -0.0318. The van der Waals surface area contributed by atoms with Gasteiger partial charge in [0.25, 0.3) is 0 Å². The summed E-state index contributed by atoms with van der Waals surface area (Å²) in [7, 11) is 1.89. The van der Waals surface area contributed by atoms with E-state index in [1.54, 1.807) is 11.3 Å². The number of benzene rings is 1. The molecule has 2 N–H and O–H groups in total. The largest absolute Gasteiger partial charge is 0.349 e. The van der Waals surface area contributed by atoms with Gasteiger partial charge < -0.3 is 10.6 Å². The number of halogens is 2. The monoisotopic (exact) mass is 387 g/mol. The van der Waals surface area contributed by atoms with E-state index in [9.17, 15) is 4.79 Å². The predicted molar refractivity (Wildman–Crippen MR) is 104 cm³/mol. The van der Waals surface area contributed by atoms with Crippen LogP contribution in [-0.4, -0.2) is 24.5 Å². The first-order chi connectivity index (χ1) is 11.0. The molecule has 0 radical (unpaired) electrons. The third-order valence-electron chi connectivity index (χ3n) is 3.53. The van der Waals surface area contributed by atoms with Crippen molar-refractivity contribution in [2.24, 2.45) is 0 Å². The summed E-state index contributed by atoms with van der Waals surface area (Å²) < 4.78 is 0. The fourth-order valence-corrected chi connectivity index (χ4v) is 3.53. The molecule has 1 heterocycles. The maximum atomic E-state index is 12.0. The first-order valence-corrected chi connectivity index (χ1v) is 8.88. The van der Waals surface area contributed by atoms with Gasteiger partial charge in [0.2, 0.25) is 5.91 Å². The van der Waals surface area contributed by atoms with Gasteiger partial charge in [0.15, 0.2) is 0 Å². The van der Waals surface area contributed by atoms with Crippen LogP contribution in [0.4, 0.5) is 0 Å². The van der Waals surface area contributed by atoms with E-state index in [2.05, 4.69) is 15.6 Å². The molecule has 0 aliphatic heterocycles. The third-order valence-corrected chi connectivity index (χ3v) is 5.17. The van der Waals surface area contributed by atoms with Crippen molar-refractivity contribution >= 4 is 41.3 Å². The average Bonchev–Trinajstić information content (AvgIpc) is 2.90. The van der Waals surface area contributed by atoms with Crippen molar-refractivity contribution in [2.75, 3.05) is 13.6 Å². The topological polar surface area (TPSA) is 54.0 Å². The van der Waals surface area contributed by atoms with Gasteiger partial charge in [-0.15, -0.1) is 23.7 Å². The van der Waals surface area contributed by atoms with E-state index >= 15 is 0 Å². The van der Waals surface area contributed by atoms with Gasteiger partial charge in [0.1, 0.15) is 5.01 Å². The lowest BCUT2D eigenvalue weighted by molar-refractivity contribution is -0.121. The number of rotatable bonds is 7. The number of nitrogens with one attached hydrogen (secondary N) is 2. The zero-order chi connectivity index (χ0) is 16.8. The number of hydrogen-bond acceptors (Lipinski definition) is 4. The Bertz CT molecular complexity index is 658. The summed E-state index contributed by atoms with van der Waals surface area (Å²) in [4.78, 5) is 17.7. The molecule has 0 aliphatic rings. The number of thiazole rings is 1. The van der Waals surface area contributed by atoms with E-state index in [0.717, 1.165) is 34.1 Å². The van der Waals surface area contributed by atoms with Crippen molar-refractivity contribution in [3.8, 4) is 10.6 Å². The molecule has 1 aromatic carbocycles. The van der Waals surface area contributed by atoms with Crippen molar-refractivity contribution in [2.45, 2.75) is 32.7 Å². The maximum absolute atomic E-state index is 12.0. The Morgan fingerprint density at radius 2 is 2.00 bits per heavy atom. The number of aryl methyl sites for hydroxylation is 1. The Morgan fingerprint density at radius 1 is 1.33 bits per heavy atom. The molecule has 4 nitrogen and oxygen atoms in total. The van der Waals surface area contributed by atoms with Crippen LogP contribution in [0.25, 0.3) is 10.6 Å². The van der Waals surface area contributed by atoms with E-state index in [1.807, 2.05) is 45.2 Å². The van der Waals surface area contributed by atoms with E-state index in [4.69, 9.17) is 11.6 Å². The molecule has 0 spiro atoms. The van der Waals surface area contributed by atoms with Crippen LogP contribution >= 0.6 is 35.3 Å². The second-order valence-corrected chi connectivity index (χ2v) is 6.94. The van der Waals surface area contributed by atoms with E-state index in [0.29, 0.717) is 11.4 Å². The maximum Gasteiger partial charge on any atom is 0.220 e. The Hall–Kier alpha value is -1.14. The zero-order valence-electron chi connectivity index (χ0n) is 14.1. The predicted octanol–water partition coefficient (Wildman–Crippen LogP) is 4.37. The van der Waals surface area contributed by atoms with Gasteiger partial charge in [-0.1, -0.05) is 23.7 Å². The summed E-state index contributed by atoms with van der Waals surface area (Å²) in [6.45, 7) is 4.83. The van der Waals surface area contributed by atoms with Gasteiger partial charge in [0, 0.05) is 17.0 Å². The molecule has 1 atom stereocenters. The highest BCUT2D eigenvalue weighted by Gasteiger charge is 2.17. The number of nitrogens with zero attached hydrogens (tertiary/aromatic N) is 1. The van der Waals surface area contributed by atoms with Crippen LogP contribution < -0.4 is 10.6 Å². The van der Waals surface area contributed by atoms with Crippen molar-refractivity contribution in [3.05, 3.63) is 39.9 Å². The summed E-state index contributed by atoms with van der Waals surface area (Å²) in [6.07, 6.45) is 1.37. The highest BCUT2D eigenvalue weighted by molar-refractivity contribution is 7.15. The molecular weight excluding hydrogens is 365 g/mol. The van der Waals surface area contributed by atoms with Crippen molar-refractivity contribution in [3.63, 3.8) is 0 Å². The average molecular weight is 388 g/mol. The first kappa shape index (κ1) is 20.9. The minimum Gasteiger partial charge on any atom is -0.349 e. The molecule has 7 heteroatoms. The summed E-state index contributed by atoms with van der Waals surface area (Å²) in [5.41, 5.74) is 2.00. The number of hydrogen-bond donors (Lipinski definition) is 2. The summed E-state index contributed by atoms with van der Waals surface area (Å²) >= 11 is 7.54. The normalized spacial score (nSPS) is 11.7. The molecule has 1 aromatic heterocycles. The van der Waals surface area contributed by atoms with Gasteiger partial charge in [-0.2, -0.15) is 0 Å². The highest BCUT2D eigenvalue weighted by Crippen LogP contribution is 2.32. The standard InChI is InChI=1S/C17H22ClN3OS.ClH/c1-11(20-15(22)5-4-10-19-3)16-12(2)21-17(23-16)13-6-8-14(18)9-7-13;/h6-9,11,19H,4-5,10H2,1-3H3,(H,20,22);1H. The van der Waals surface area contributed by atoms with E-state index in [-0.39, 0.29) is 24.4 Å². The van der Waals surface area contributed by atoms with Crippen LogP contribution in [0.3, 0.4) is 0 Å². The summed E-state index contributed by atoms with van der Waals surface area (Å²) in [5, 5.41) is 7.76. The van der Waals surface area contributed by atoms with Gasteiger partial charge in [-0.3, -0.25) is 4.79 Å². The number of aromatic nitrogens is 1. The quantitative estimate of drug-likeness (QED) is 0.693. The molecule has 1 unspecified atom stereocenters. The molecule has 132 valence electrons. The minimum absolute atomic E-state index is 0. The Balaban J connectivity index is 0.00000288. The lowest BCUT2D eigenvalue weighted by atomic mass is 10.2. The molecule has 0 saturated carbocycles. The second kappa shape index (κ2) is 9.99. The van der Waals surface area contributed by atoms with Crippen molar-refractivity contribution in [1.82, 2.24) is 15.6 Å². The molecule has 24 heavy (non-hydrogen) atoms. The van der Waals surface area contributed by atoms with E-state index < -0.39 is 0 Å². The molecule has 0 bridgehead atoms. The Kier molecular flexibility index (Phi) is 8.70. The summed E-state index contributed by atoms with van der Waals surface area (Å²) in [5.74, 6) is 0.0774. The van der Waals surface area contributed by atoms with Crippen LogP contribution in [0, 0.1) is 6.92 Å². The van der Waals surface area contributed by atoms with Crippen LogP contribution in [0.2, 0.25) is 5.02 Å². The van der Waals surface area contributed by atoms with Crippen LogP contribution in [-0.2, 0) is 4.79 Å². The Labute approximate surface area is 158 Å². The fraction of sp³-hybridized carbons (Fsp3) is 0.412. The smallest absolute Gasteiger partial charge is 0.220 e. The number of carbonyl (C=O) groups is 1. The molecule has 2 rings (SSSR count). The molecule has 0 fully saturated rings. The lowest BCUT2D eigenvalue weighted by Gasteiger charge is -2.12. The summed E-state index contributed by atoms with van der Waals surface area (Å²) in [6, 6.07) is 7.62. The fourth-order valence-electron chi connectivity index (χ4n) is 2.33. The lowest BCUT2D eigenvalue weighted by Crippen LogP contribution is -2.27. The third kappa shape index (κ3) is 5.74. The van der Waals surface area contributed by atoms with Crippen molar-refractivity contribution < 1.29 is 4.79 Å². The van der Waals surface area contributed by atoms with Crippen molar-refractivity contribution in [1.29, 1.82) is 0 Å². The van der Waals surface area contributed by atoms with Gasteiger partial charge >= 0.3 is 0 Å². The highest BCUT2D eigenvalue weighted by atomic mass is 35.5. The molecular formula is C17H23Cl2N3OS. The van der Waals surface area contributed by atoms with Gasteiger partial charge in [0.05, 0.1) is 16.6 Å². The van der Waals surface area contributed by atoms with Crippen LogP contribution in [0.1, 0.15) is 36.4 Å². The van der Waals surface area contributed by atoms with Crippen LogP contribution in [0.5, 0.6) is 0 Å². The first-order valence-electron chi connectivity index (χ1n) is 7.68. The van der Waals surface area contributed by atoms with E-state index in [1.165, 1.54) is 0 Å². The Morgan fingerprint density at radius 3 is 2.62 bits per heavy atom.